The predicted octanol–water partition coefficient (Wildman–Crippen LogP) is 2.21. The highest BCUT2D eigenvalue weighted by molar-refractivity contribution is 6.33. The van der Waals surface area contributed by atoms with Crippen molar-refractivity contribution in [2.45, 2.75) is 31.3 Å². The second-order valence-corrected chi connectivity index (χ2v) is 5.30. The molecule has 1 aliphatic rings. The van der Waals surface area contributed by atoms with Gasteiger partial charge >= 0.3 is 0 Å². The lowest BCUT2D eigenvalue weighted by Crippen LogP contribution is -2.21. The van der Waals surface area contributed by atoms with Crippen molar-refractivity contribution in [1.82, 2.24) is 14.8 Å². The van der Waals surface area contributed by atoms with Crippen molar-refractivity contribution in [3.8, 4) is 5.69 Å². The third-order valence-electron chi connectivity index (χ3n) is 3.47. The van der Waals surface area contributed by atoms with Gasteiger partial charge in [-0.1, -0.05) is 17.7 Å². The van der Waals surface area contributed by atoms with E-state index in [2.05, 4.69) is 15.4 Å². The number of anilines is 1. The summed E-state index contributed by atoms with van der Waals surface area (Å²) in [6.45, 7) is 0. The first-order valence-electron chi connectivity index (χ1n) is 6.39. The molecule has 1 fully saturated rings. The van der Waals surface area contributed by atoms with E-state index in [4.69, 9.17) is 17.3 Å². The molecule has 0 aliphatic heterocycles. The minimum Gasteiger partial charge on any atom is -0.380 e. The summed E-state index contributed by atoms with van der Waals surface area (Å²) in [6.07, 6.45) is 6.29. The molecule has 1 heterocycles. The SMILES string of the molecule is NC1CCC(Nc2cccc(Cl)c2-n2cncn2)C1. The molecule has 0 spiro atoms. The Hall–Kier alpha value is -1.59. The van der Waals surface area contributed by atoms with Crippen LogP contribution in [0.2, 0.25) is 5.02 Å². The number of nitrogens with one attached hydrogen (secondary N) is 1. The van der Waals surface area contributed by atoms with Crippen molar-refractivity contribution in [2.24, 2.45) is 5.73 Å². The highest BCUT2D eigenvalue weighted by Gasteiger charge is 2.22. The van der Waals surface area contributed by atoms with E-state index >= 15 is 0 Å². The van der Waals surface area contributed by atoms with Crippen molar-refractivity contribution in [3.05, 3.63) is 35.9 Å². The fraction of sp³-hybridized carbons (Fsp3) is 0.385. The molecule has 2 unspecified atom stereocenters. The quantitative estimate of drug-likeness (QED) is 0.903. The van der Waals surface area contributed by atoms with Crippen LogP contribution in [0.5, 0.6) is 0 Å². The second kappa shape index (κ2) is 5.19. The number of aromatic nitrogens is 3. The fourth-order valence-corrected chi connectivity index (χ4v) is 2.82. The van der Waals surface area contributed by atoms with E-state index in [9.17, 15) is 0 Å². The highest BCUT2D eigenvalue weighted by atomic mass is 35.5. The van der Waals surface area contributed by atoms with Crippen LogP contribution in [0.15, 0.2) is 30.9 Å². The van der Waals surface area contributed by atoms with Crippen molar-refractivity contribution in [1.29, 1.82) is 0 Å². The standard InChI is InChI=1S/C13H16ClN5/c14-11-2-1-3-12(13(11)19-8-16-7-17-19)18-10-5-4-9(15)6-10/h1-3,7-10,18H,4-6,15H2. The molecule has 3 rings (SSSR count). The molecule has 5 nitrogen and oxygen atoms in total. The second-order valence-electron chi connectivity index (χ2n) is 4.89. The number of nitrogens with zero attached hydrogens (tertiary/aromatic N) is 3. The van der Waals surface area contributed by atoms with Gasteiger partial charge in [-0.2, -0.15) is 5.10 Å². The monoisotopic (exact) mass is 277 g/mol. The number of hydrogen-bond acceptors (Lipinski definition) is 4. The fourth-order valence-electron chi connectivity index (χ4n) is 2.56. The largest absolute Gasteiger partial charge is 0.380 e. The van der Waals surface area contributed by atoms with Gasteiger partial charge in [0.25, 0.3) is 0 Å². The highest BCUT2D eigenvalue weighted by Crippen LogP contribution is 2.30. The molecule has 19 heavy (non-hydrogen) atoms. The van der Waals surface area contributed by atoms with E-state index in [1.54, 1.807) is 11.0 Å². The Morgan fingerprint density at radius 1 is 1.37 bits per heavy atom. The van der Waals surface area contributed by atoms with E-state index in [0.717, 1.165) is 30.6 Å². The Morgan fingerprint density at radius 3 is 2.95 bits per heavy atom. The van der Waals surface area contributed by atoms with Gasteiger partial charge in [0.1, 0.15) is 18.3 Å². The van der Waals surface area contributed by atoms with Gasteiger partial charge in [0.15, 0.2) is 0 Å². The first kappa shape index (κ1) is 12.4. The van der Waals surface area contributed by atoms with Crippen molar-refractivity contribution in [3.63, 3.8) is 0 Å². The Morgan fingerprint density at radius 2 is 2.26 bits per heavy atom. The van der Waals surface area contributed by atoms with E-state index in [1.807, 2.05) is 18.2 Å². The molecule has 0 saturated heterocycles. The first-order chi connectivity index (χ1) is 9.24. The van der Waals surface area contributed by atoms with Crippen LogP contribution >= 0.6 is 11.6 Å². The van der Waals surface area contributed by atoms with Gasteiger partial charge in [0.05, 0.1) is 10.7 Å². The molecular formula is C13H16ClN5. The van der Waals surface area contributed by atoms with Gasteiger partial charge in [0, 0.05) is 12.1 Å². The normalized spacial score (nSPS) is 22.6. The molecule has 3 N–H and O–H groups in total. The van der Waals surface area contributed by atoms with Crippen LogP contribution in [0.3, 0.4) is 0 Å². The average Bonchev–Trinajstić information content (AvgIpc) is 3.01. The van der Waals surface area contributed by atoms with Gasteiger partial charge < -0.3 is 11.1 Å². The molecule has 1 aromatic heterocycles. The number of halogens is 1. The summed E-state index contributed by atoms with van der Waals surface area (Å²) >= 11 is 6.28. The van der Waals surface area contributed by atoms with Gasteiger partial charge in [-0.25, -0.2) is 9.67 Å². The van der Waals surface area contributed by atoms with Crippen LogP contribution in [-0.4, -0.2) is 26.8 Å². The molecule has 2 atom stereocenters. The van der Waals surface area contributed by atoms with Crippen molar-refractivity contribution < 1.29 is 0 Å². The number of rotatable bonds is 3. The Kier molecular flexibility index (Phi) is 3.40. The van der Waals surface area contributed by atoms with Crippen LogP contribution < -0.4 is 11.1 Å². The molecule has 0 radical (unpaired) electrons. The minimum absolute atomic E-state index is 0.298. The maximum Gasteiger partial charge on any atom is 0.138 e. The smallest absolute Gasteiger partial charge is 0.138 e. The predicted molar refractivity (Wildman–Crippen MR) is 75.6 cm³/mol. The van der Waals surface area contributed by atoms with Crippen LogP contribution in [-0.2, 0) is 0 Å². The third-order valence-corrected chi connectivity index (χ3v) is 3.77. The van der Waals surface area contributed by atoms with Crippen LogP contribution in [0, 0.1) is 0 Å². The zero-order valence-electron chi connectivity index (χ0n) is 10.5. The Labute approximate surface area is 116 Å². The summed E-state index contributed by atoms with van der Waals surface area (Å²) in [6, 6.07) is 6.49. The number of nitrogens with two attached hydrogens (primary N) is 1. The third kappa shape index (κ3) is 2.57. The van der Waals surface area contributed by atoms with Gasteiger partial charge in [0.2, 0.25) is 0 Å². The molecule has 1 aromatic carbocycles. The summed E-state index contributed by atoms with van der Waals surface area (Å²) in [5.41, 5.74) is 7.75. The van der Waals surface area contributed by atoms with Crippen molar-refractivity contribution in [2.75, 3.05) is 5.32 Å². The average molecular weight is 278 g/mol. The van der Waals surface area contributed by atoms with E-state index in [0.29, 0.717) is 17.1 Å². The number of para-hydroxylation sites is 1. The van der Waals surface area contributed by atoms with Gasteiger partial charge in [-0.05, 0) is 31.4 Å². The van der Waals surface area contributed by atoms with Crippen LogP contribution in [0.25, 0.3) is 5.69 Å². The molecule has 2 aromatic rings. The molecule has 6 heteroatoms. The maximum atomic E-state index is 6.28. The van der Waals surface area contributed by atoms with Crippen LogP contribution in [0.4, 0.5) is 5.69 Å². The zero-order chi connectivity index (χ0) is 13.2. The molecule has 0 amide bonds. The Balaban J connectivity index is 1.91. The van der Waals surface area contributed by atoms with E-state index in [-0.39, 0.29) is 0 Å². The summed E-state index contributed by atoms with van der Waals surface area (Å²) in [7, 11) is 0. The lowest BCUT2D eigenvalue weighted by atomic mass is 10.2. The lowest BCUT2D eigenvalue weighted by Gasteiger charge is -2.18. The number of hydrogen-bond donors (Lipinski definition) is 2. The summed E-state index contributed by atoms with van der Waals surface area (Å²) in [5.74, 6) is 0. The molecule has 1 saturated carbocycles. The number of benzene rings is 1. The van der Waals surface area contributed by atoms with Gasteiger partial charge in [-0.3, -0.25) is 0 Å². The Bertz CT molecular complexity index is 554. The molecule has 100 valence electrons. The molecular weight excluding hydrogens is 262 g/mol. The maximum absolute atomic E-state index is 6.28. The van der Waals surface area contributed by atoms with Crippen molar-refractivity contribution >= 4 is 17.3 Å². The van der Waals surface area contributed by atoms with Crippen LogP contribution in [0.1, 0.15) is 19.3 Å². The van der Waals surface area contributed by atoms with E-state index in [1.165, 1.54) is 6.33 Å². The van der Waals surface area contributed by atoms with E-state index < -0.39 is 0 Å². The molecule has 1 aliphatic carbocycles. The lowest BCUT2D eigenvalue weighted by molar-refractivity contribution is 0.687. The van der Waals surface area contributed by atoms with Gasteiger partial charge in [-0.15, -0.1) is 0 Å². The summed E-state index contributed by atoms with van der Waals surface area (Å²) < 4.78 is 1.68. The zero-order valence-corrected chi connectivity index (χ0v) is 11.2. The first-order valence-corrected chi connectivity index (χ1v) is 6.77. The minimum atomic E-state index is 0.298. The summed E-state index contributed by atoms with van der Waals surface area (Å²) in [4.78, 5) is 3.97. The summed E-state index contributed by atoms with van der Waals surface area (Å²) in [5, 5.41) is 8.32. The molecule has 0 bridgehead atoms. The topological polar surface area (TPSA) is 68.8 Å².